The van der Waals surface area contributed by atoms with E-state index in [0.717, 1.165) is 13.1 Å². The van der Waals surface area contributed by atoms with Crippen molar-refractivity contribution in [3.63, 3.8) is 0 Å². The normalized spacial score (nSPS) is 15.5. The summed E-state index contributed by atoms with van der Waals surface area (Å²) in [6.45, 7) is 4.40. The van der Waals surface area contributed by atoms with E-state index in [0.29, 0.717) is 6.04 Å². The molecule has 1 fully saturated rings. The van der Waals surface area contributed by atoms with Crippen molar-refractivity contribution in [3.8, 4) is 0 Å². The molecule has 0 unspecified atom stereocenters. The Labute approximate surface area is 151 Å². The van der Waals surface area contributed by atoms with Crippen LogP contribution in [0.3, 0.4) is 0 Å². The fraction of sp³-hybridized carbons (Fsp3) is 0.389. The standard InChI is InChI=1S/C18H23N3.2ClH/c1-2-4-17(5-3-1)15-21-12-8-18(9-13-21)20-14-16-6-10-19-11-7-16;;/h1-7,10-11,18,20H,8-9,12-15H2;2*1H. The molecule has 3 nitrogen and oxygen atoms in total. The van der Waals surface area contributed by atoms with Gasteiger partial charge in [-0.25, -0.2) is 0 Å². The van der Waals surface area contributed by atoms with Gasteiger partial charge in [0.25, 0.3) is 0 Å². The molecule has 0 aliphatic carbocycles. The van der Waals surface area contributed by atoms with E-state index in [4.69, 9.17) is 0 Å². The zero-order valence-corrected chi connectivity index (χ0v) is 14.9. The number of hydrogen-bond acceptors (Lipinski definition) is 3. The highest BCUT2D eigenvalue weighted by Gasteiger charge is 2.18. The maximum Gasteiger partial charge on any atom is 0.0271 e. The summed E-state index contributed by atoms with van der Waals surface area (Å²) in [6, 6.07) is 15.6. The molecule has 0 amide bonds. The lowest BCUT2D eigenvalue weighted by atomic mass is 10.0. The van der Waals surface area contributed by atoms with E-state index in [2.05, 4.69) is 57.7 Å². The highest BCUT2D eigenvalue weighted by Crippen LogP contribution is 2.14. The lowest BCUT2D eigenvalue weighted by molar-refractivity contribution is 0.190. The summed E-state index contributed by atoms with van der Waals surface area (Å²) >= 11 is 0. The molecule has 2 heterocycles. The maximum absolute atomic E-state index is 4.06. The fourth-order valence-electron chi connectivity index (χ4n) is 2.90. The minimum absolute atomic E-state index is 0. The summed E-state index contributed by atoms with van der Waals surface area (Å²) < 4.78 is 0. The number of piperidine rings is 1. The number of nitrogens with one attached hydrogen (secondary N) is 1. The van der Waals surface area contributed by atoms with E-state index < -0.39 is 0 Å². The van der Waals surface area contributed by atoms with Crippen LogP contribution in [0, 0.1) is 0 Å². The zero-order valence-electron chi connectivity index (χ0n) is 13.2. The molecule has 1 N–H and O–H groups in total. The number of halogens is 2. The van der Waals surface area contributed by atoms with Gasteiger partial charge in [0.2, 0.25) is 0 Å². The first-order valence-corrected chi connectivity index (χ1v) is 7.79. The van der Waals surface area contributed by atoms with E-state index in [1.807, 2.05) is 12.4 Å². The van der Waals surface area contributed by atoms with Gasteiger partial charge in [-0.1, -0.05) is 30.3 Å². The van der Waals surface area contributed by atoms with Crippen LogP contribution in [0.4, 0.5) is 0 Å². The first-order chi connectivity index (χ1) is 10.4. The first-order valence-electron chi connectivity index (χ1n) is 7.79. The second-order valence-corrected chi connectivity index (χ2v) is 5.77. The molecule has 1 aromatic heterocycles. The van der Waals surface area contributed by atoms with Crippen LogP contribution in [0.25, 0.3) is 0 Å². The van der Waals surface area contributed by atoms with Crippen molar-refractivity contribution in [2.45, 2.75) is 32.0 Å². The van der Waals surface area contributed by atoms with E-state index in [9.17, 15) is 0 Å². The molecule has 2 aromatic rings. The lowest BCUT2D eigenvalue weighted by Crippen LogP contribution is -2.41. The molecule has 1 saturated heterocycles. The number of benzene rings is 1. The molecule has 3 rings (SSSR count). The predicted molar refractivity (Wildman–Crippen MR) is 100 cm³/mol. The van der Waals surface area contributed by atoms with Gasteiger partial charge >= 0.3 is 0 Å². The minimum Gasteiger partial charge on any atom is -0.310 e. The van der Waals surface area contributed by atoms with Crippen molar-refractivity contribution in [2.75, 3.05) is 13.1 Å². The Morgan fingerprint density at radius 1 is 0.913 bits per heavy atom. The van der Waals surface area contributed by atoms with E-state index in [-0.39, 0.29) is 24.8 Å². The number of aromatic nitrogens is 1. The molecule has 1 aliphatic heterocycles. The van der Waals surface area contributed by atoms with Crippen LogP contribution >= 0.6 is 24.8 Å². The fourth-order valence-corrected chi connectivity index (χ4v) is 2.90. The second kappa shape index (κ2) is 10.6. The lowest BCUT2D eigenvalue weighted by Gasteiger charge is -2.32. The highest BCUT2D eigenvalue weighted by molar-refractivity contribution is 5.85. The molecule has 0 atom stereocenters. The zero-order chi connectivity index (χ0) is 14.3. The molecule has 0 spiro atoms. The van der Waals surface area contributed by atoms with E-state index >= 15 is 0 Å². The average molecular weight is 354 g/mol. The van der Waals surface area contributed by atoms with Crippen molar-refractivity contribution in [1.29, 1.82) is 0 Å². The average Bonchev–Trinajstić information content (AvgIpc) is 2.56. The summed E-state index contributed by atoms with van der Waals surface area (Å²) in [6.07, 6.45) is 6.19. The van der Waals surface area contributed by atoms with Gasteiger partial charge in [-0.05, 0) is 49.2 Å². The Morgan fingerprint density at radius 3 is 2.22 bits per heavy atom. The van der Waals surface area contributed by atoms with Gasteiger partial charge in [0, 0.05) is 31.5 Å². The third-order valence-electron chi connectivity index (χ3n) is 4.18. The van der Waals surface area contributed by atoms with Gasteiger partial charge in [0.1, 0.15) is 0 Å². The summed E-state index contributed by atoms with van der Waals surface area (Å²) in [5.74, 6) is 0. The first kappa shape index (κ1) is 19.9. The molecular weight excluding hydrogens is 329 g/mol. The van der Waals surface area contributed by atoms with Crippen molar-refractivity contribution < 1.29 is 0 Å². The summed E-state index contributed by atoms with van der Waals surface area (Å²) in [7, 11) is 0. The second-order valence-electron chi connectivity index (χ2n) is 5.77. The summed E-state index contributed by atoms with van der Waals surface area (Å²) in [5.41, 5.74) is 2.73. The van der Waals surface area contributed by atoms with Crippen LogP contribution in [0.2, 0.25) is 0 Å². The number of rotatable bonds is 5. The number of hydrogen-bond donors (Lipinski definition) is 1. The largest absolute Gasteiger partial charge is 0.310 e. The van der Waals surface area contributed by atoms with Crippen LogP contribution in [0.15, 0.2) is 54.9 Å². The van der Waals surface area contributed by atoms with Crippen molar-refractivity contribution in [2.24, 2.45) is 0 Å². The SMILES string of the molecule is Cl.Cl.c1ccc(CN2CCC(NCc3ccncc3)CC2)cc1. The van der Waals surface area contributed by atoms with Crippen LogP contribution in [0.1, 0.15) is 24.0 Å². The topological polar surface area (TPSA) is 28.2 Å². The minimum atomic E-state index is 0. The maximum atomic E-state index is 4.06. The van der Waals surface area contributed by atoms with Gasteiger partial charge in [-0.15, -0.1) is 24.8 Å². The monoisotopic (exact) mass is 353 g/mol. The van der Waals surface area contributed by atoms with Gasteiger partial charge < -0.3 is 5.32 Å². The van der Waals surface area contributed by atoms with Crippen LogP contribution in [-0.2, 0) is 13.1 Å². The van der Waals surface area contributed by atoms with E-state index in [1.165, 1.54) is 37.1 Å². The van der Waals surface area contributed by atoms with Gasteiger partial charge in [0.05, 0.1) is 0 Å². The van der Waals surface area contributed by atoms with Crippen molar-refractivity contribution in [1.82, 2.24) is 15.2 Å². The molecule has 5 heteroatoms. The molecule has 1 aromatic carbocycles. The van der Waals surface area contributed by atoms with Crippen LogP contribution in [-0.4, -0.2) is 29.0 Å². The van der Waals surface area contributed by atoms with Gasteiger partial charge in [-0.2, -0.15) is 0 Å². The Hall–Kier alpha value is -1.13. The molecule has 0 saturated carbocycles. The van der Waals surface area contributed by atoms with Crippen molar-refractivity contribution >= 4 is 24.8 Å². The van der Waals surface area contributed by atoms with E-state index in [1.54, 1.807) is 0 Å². The Balaban J connectivity index is 0.00000132. The Bertz CT molecular complexity index is 528. The molecule has 23 heavy (non-hydrogen) atoms. The van der Waals surface area contributed by atoms with Gasteiger partial charge in [-0.3, -0.25) is 9.88 Å². The molecule has 0 radical (unpaired) electrons. The predicted octanol–water partition coefficient (Wildman–Crippen LogP) is 3.68. The molecule has 1 aliphatic rings. The smallest absolute Gasteiger partial charge is 0.0271 e. The number of pyridine rings is 1. The summed E-state index contributed by atoms with van der Waals surface area (Å²) in [4.78, 5) is 6.61. The molecule has 126 valence electrons. The highest BCUT2D eigenvalue weighted by atomic mass is 35.5. The van der Waals surface area contributed by atoms with Crippen LogP contribution < -0.4 is 5.32 Å². The number of likely N-dealkylation sites (tertiary alicyclic amines) is 1. The molecule has 0 bridgehead atoms. The quantitative estimate of drug-likeness (QED) is 0.888. The Kier molecular flexibility index (Phi) is 9.19. The third kappa shape index (κ3) is 6.48. The van der Waals surface area contributed by atoms with Gasteiger partial charge in [0.15, 0.2) is 0 Å². The summed E-state index contributed by atoms with van der Waals surface area (Å²) in [5, 5.41) is 3.67. The van der Waals surface area contributed by atoms with Crippen LogP contribution in [0.5, 0.6) is 0 Å². The van der Waals surface area contributed by atoms with Crippen molar-refractivity contribution in [3.05, 3.63) is 66.0 Å². The Morgan fingerprint density at radius 2 is 1.57 bits per heavy atom. The number of nitrogens with zero attached hydrogens (tertiary/aromatic N) is 2. The molecular formula is C18H25Cl2N3. The third-order valence-corrected chi connectivity index (χ3v) is 4.18.